The van der Waals surface area contributed by atoms with Crippen LogP contribution in [0.25, 0.3) is 0 Å². The highest BCUT2D eigenvalue weighted by Gasteiger charge is 2.40. The Hall–Kier alpha value is -0.0800. The summed E-state index contributed by atoms with van der Waals surface area (Å²) in [6.45, 7) is 10.8. The number of nitrogens with one attached hydrogen (secondary N) is 1. The SMILES string of the molecule is CCC(C)(CC)C(C)C(O)(CC)NC. The smallest absolute Gasteiger partial charge is 0.118 e. The number of hydrogen-bond donors (Lipinski definition) is 2. The highest BCUT2D eigenvalue weighted by Crippen LogP contribution is 2.40. The summed E-state index contributed by atoms with van der Waals surface area (Å²) in [7, 11) is 1.84. The Morgan fingerprint density at radius 1 is 1.14 bits per heavy atom. The Kier molecular flexibility index (Phi) is 5.10. The lowest BCUT2D eigenvalue weighted by molar-refractivity contribution is -0.0896. The molecule has 0 aliphatic heterocycles. The first-order valence-electron chi connectivity index (χ1n) is 5.81. The van der Waals surface area contributed by atoms with Crippen LogP contribution in [-0.2, 0) is 0 Å². The second-order valence-electron chi connectivity index (χ2n) is 4.61. The van der Waals surface area contributed by atoms with E-state index in [2.05, 4.69) is 33.0 Å². The van der Waals surface area contributed by atoms with E-state index < -0.39 is 5.72 Å². The van der Waals surface area contributed by atoms with E-state index in [9.17, 15) is 5.11 Å². The van der Waals surface area contributed by atoms with Gasteiger partial charge in [0.15, 0.2) is 0 Å². The minimum Gasteiger partial charge on any atom is -0.376 e. The lowest BCUT2D eigenvalue weighted by Gasteiger charge is -2.44. The molecule has 14 heavy (non-hydrogen) atoms. The van der Waals surface area contributed by atoms with Crippen molar-refractivity contribution < 1.29 is 5.11 Å². The zero-order valence-electron chi connectivity index (χ0n) is 10.6. The highest BCUT2D eigenvalue weighted by atomic mass is 16.3. The minimum absolute atomic E-state index is 0.216. The number of aliphatic hydroxyl groups is 1. The summed E-state index contributed by atoms with van der Waals surface area (Å²) in [4.78, 5) is 0. The molecule has 0 aromatic carbocycles. The van der Waals surface area contributed by atoms with Crippen LogP contribution in [0, 0.1) is 11.3 Å². The topological polar surface area (TPSA) is 32.3 Å². The predicted molar refractivity (Wildman–Crippen MR) is 62.2 cm³/mol. The molecule has 0 aliphatic rings. The van der Waals surface area contributed by atoms with Crippen molar-refractivity contribution in [1.29, 1.82) is 0 Å². The molecule has 0 radical (unpaired) electrons. The van der Waals surface area contributed by atoms with Crippen molar-refractivity contribution >= 4 is 0 Å². The van der Waals surface area contributed by atoms with Crippen molar-refractivity contribution in [3.8, 4) is 0 Å². The van der Waals surface area contributed by atoms with E-state index >= 15 is 0 Å². The van der Waals surface area contributed by atoms with E-state index in [1.807, 2.05) is 14.0 Å². The van der Waals surface area contributed by atoms with Crippen LogP contribution in [0.15, 0.2) is 0 Å². The summed E-state index contributed by atoms with van der Waals surface area (Å²) in [5, 5.41) is 13.4. The third-order valence-electron chi connectivity index (χ3n) is 4.35. The second kappa shape index (κ2) is 5.13. The van der Waals surface area contributed by atoms with Gasteiger partial charge in [-0.25, -0.2) is 0 Å². The first kappa shape index (κ1) is 13.9. The van der Waals surface area contributed by atoms with Gasteiger partial charge in [0, 0.05) is 5.92 Å². The molecule has 0 rings (SSSR count). The van der Waals surface area contributed by atoms with Gasteiger partial charge in [-0.2, -0.15) is 0 Å². The Bertz CT molecular complexity index is 142. The van der Waals surface area contributed by atoms with E-state index in [1.54, 1.807) is 0 Å². The second-order valence-corrected chi connectivity index (χ2v) is 4.61. The molecule has 0 heterocycles. The molecule has 0 saturated carbocycles. The van der Waals surface area contributed by atoms with Gasteiger partial charge in [-0.3, -0.25) is 5.32 Å². The van der Waals surface area contributed by atoms with Crippen LogP contribution in [0.2, 0.25) is 0 Å². The minimum atomic E-state index is -0.721. The molecule has 0 aromatic heterocycles. The van der Waals surface area contributed by atoms with Crippen molar-refractivity contribution in [1.82, 2.24) is 5.32 Å². The summed E-state index contributed by atoms with van der Waals surface area (Å²) in [6, 6.07) is 0. The Balaban J connectivity index is 4.80. The van der Waals surface area contributed by atoms with Crippen LogP contribution in [0.5, 0.6) is 0 Å². The summed E-state index contributed by atoms with van der Waals surface area (Å²) < 4.78 is 0. The van der Waals surface area contributed by atoms with Gasteiger partial charge in [0.25, 0.3) is 0 Å². The Morgan fingerprint density at radius 3 is 1.79 bits per heavy atom. The standard InChI is InChI=1S/C12H27NO/c1-7-11(5,8-2)10(4)12(14,9-3)13-6/h10,13-14H,7-9H2,1-6H3. The van der Waals surface area contributed by atoms with Gasteiger partial charge in [-0.05, 0) is 18.9 Å². The maximum absolute atomic E-state index is 10.4. The van der Waals surface area contributed by atoms with Gasteiger partial charge in [0.1, 0.15) is 5.72 Å². The fourth-order valence-electron chi connectivity index (χ4n) is 2.14. The molecule has 0 saturated heterocycles. The summed E-state index contributed by atoms with van der Waals surface area (Å²) >= 11 is 0. The maximum Gasteiger partial charge on any atom is 0.118 e. The third kappa shape index (κ3) is 2.48. The molecule has 0 aromatic rings. The Morgan fingerprint density at radius 2 is 1.57 bits per heavy atom. The van der Waals surface area contributed by atoms with Crippen molar-refractivity contribution in [3.05, 3.63) is 0 Å². The largest absolute Gasteiger partial charge is 0.376 e. The molecule has 2 atom stereocenters. The zero-order valence-corrected chi connectivity index (χ0v) is 10.6. The molecule has 0 bridgehead atoms. The number of hydrogen-bond acceptors (Lipinski definition) is 2. The zero-order chi connectivity index (χ0) is 11.4. The van der Waals surface area contributed by atoms with Crippen molar-refractivity contribution in [2.24, 2.45) is 11.3 Å². The highest BCUT2D eigenvalue weighted by molar-refractivity contribution is 4.89. The Labute approximate surface area is 89.1 Å². The fourth-order valence-corrected chi connectivity index (χ4v) is 2.14. The molecule has 0 aliphatic carbocycles. The van der Waals surface area contributed by atoms with Gasteiger partial charge in [0.2, 0.25) is 0 Å². The fraction of sp³-hybridized carbons (Fsp3) is 1.00. The average Bonchev–Trinajstić information content (AvgIpc) is 2.25. The van der Waals surface area contributed by atoms with Crippen LogP contribution >= 0.6 is 0 Å². The number of rotatable bonds is 6. The molecule has 0 amide bonds. The first-order chi connectivity index (χ1) is 6.40. The van der Waals surface area contributed by atoms with E-state index in [4.69, 9.17) is 0 Å². The quantitative estimate of drug-likeness (QED) is 0.648. The van der Waals surface area contributed by atoms with Crippen molar-refractivity contribution in [3.63, 3.8) is 0 Å². The van der Waals surface area contributed by atoms with Crippen molar-refractivity contribution in [2.75, 3.05) is 7.05 Å². The van der Waals surface area contributed by atoms with Crippen LogP contribution in [-0.4, -0.2) is 17.9 Å². The maximum atomic E-state index is 10.4. The van der Waals surface area contributed by atoms with Crippen molar-refractivity contribution in [2.45, 2.75) is 59.6 Å². The predicted octanol–water partition coefficient (Wildman–Crippen LogP) is 2.77. The molecule has 2 nitrogen and oxygen atoms in total. The molecule has 2 unspecified atom stereocenters. The van der Waals surface area contributed by atoms with Gasteiger partial charge < -0.3 is 5.11 Å². The lowest BCUT2D eigenvalue weighted by atomic mass is 9.68. The summed E-state index contributed by atoms with van der Waals surface area (Å²) in [5.74, 6) is 0.264. The molecular formula is C12H27NO. The molecule has 2 N–H and O–H groups in total. The molecule has 0 spiro atoms. The average molecular weight is 201 g/mol. The van der Waals surface area contributed by atoms with Crippen LogP contribution < -0.4 is 5.32 Å². The monoisotopic (exact) mass is 201 g/mol. The van der Waals surface area contributed by atoms with Crippen LogP contribution in [0.3, 0.4) is 0 Å². The van der Waals surface area contributed by atoms with Gasteiger partial charge in [0.05, 0.1) is 0 Å². The lowest BCUT2D eigenvalue weighted by Crippen LogP contribution is -2.53. The van der Waals surface area contributed by atoms with E-state index in [0.29, 0.717) is 0 Å². The van der Waals surface area contributed by atoms with Gasteiger partial charge >= 0.3 is 0 Å². The molecule has 86 valence electrons. The molecular weight excluding hydrogens is 174 g/mol. The summed E-state index contributed by atoms with van der Waals surface area (Å²) in [6.07, 6.45) is 2.96. The first-order valence-corrected chi connectivity index (χ1v) is 5.81. The molecule has 0 fully saturated rings. The van der Waals surface area contributed by atoms with Gasteiger partial charge in [-0.15, -0.1) is 0 Å². The normalized spacial score (nSPS) is 19.1. The van der Waals surface area contributed by atoms with E-state index in [1.165, 1.54) is 0 Å². The van der Waals surface area contributed by atoms with E-state index in [-0.39, 0.29) is 11.3 Å². The van der Waals surface area contributed by atoms with Crippen LogP contribution in [0.4, 0.5) is 0 Å². The summed E-state index contributed by atoms with van der Waals surface area (Å²) in [5.41, 5.74) is -0.505. The van der Waals surface area contributed by atoms with E-state index in [0.717, 1.165) is 19.3 Å². The molecule has 2 heteroatoms. The van der Waals surface area contributed by atoms with Gasteiger partial charge in [-0.1, -0.05) is 47.5 Å². The third-order valence-corrected chi connectivity index (χ3v) is 4.35. The van der Waals surface area contributed by atoms with Crippen LogP contribution in [0.1, 0.15) is 53.9 Å².